The van der Waals surface area contributed by atoms with E-state index in [0.717, 1.165) is 50.5 Å². The fourth-order valence-electron chi connectivity index (χ4n) is 5.00. The van der Waals surface area contributed by atoms with Crippen LogP contribution in [-0.4, -0.2) is 50.8 Å². The summed E-state index contributed by atoms with van der Waals surface area (Å²) in [6.45, 7) is 6.19. The molecule has 1 rings (SSSR count). The van der Waals surface area contributed by atoms with Crippen molar-refractivity contribution in [1.82, 2.24) is 4.90 Å². The Kier molecular flexibility index (Phi) is 21.8. The van der Waals surface area contributed by atoms with Gasteiger partial charge in [-0.3, -0.25) is 4.89 Å². The number of hydrogen-bond donors (Lipinski definition) is 0. The highest BCUT2D eigenvalue weighted by atomic mass is 17.2. The highest BCUT2D eigenvalue weighted by Gasteiger charge is 2.34. The lowest BCUT2D eigenvalue weighted by atomic mass is 10.0. The highest BCUT2D eigenvalue weighted by molar-refractivity contribution is 5.68. The van der Waals surface area contributed by atoms with Crippen LogP contribution in [0.25, 0.3) is 0 Å². The van der Waals surface area contributed by atoms with E-state index in [1.165, 1.54) is 89.9 Å². The van der Waals surface area contributed by atoms with Crippen LogP contribution in [0.5, 0.6) is 0 Å². The van der Waals surface area contributed by atoms with Crippen molar-refractivity contribution in [1.29, 1.82) is 0 Å². The fourth-order valence-corrected chi connectivity index (χ4v) is 5.00. The fraction of sp³-hybridized carbons (Fsp3) is 0.968. The van der Waals surface area contributed by atoms with Gasteiger partial charge in [0.05, 0.1) is 12.6 Å². The zero-order valence-electron chi connectivity index (χ0n) is 24.6. The summed E-state index contributed by atoms with van der Waals surface area (Å²) in [5.41, 5.74) is 0. The zero-order chi connectivity index (χ0) is 26.3. The molecule has 1 fully saturated rings. The second-order valence-electron chi connectivity index (χ2n) is 11.5. The molecule has 5 heteroatoms. The number of likely N-dealkylation sites (N-methyl/N-ethyl adjacent to an activating group) is 1. The third-order valence-corrected chi connectivity index (χ3v) is 7.80. The van der Waals surface area contributed by atoms with Gasteiger partial charge in [0, 0.05) is 13.0 Å². The van der Waals surface area contributed by atoms with Crippen LogP contribution in [0, 0.1) is 11.8 Å². The third kappa shape index (κ3) is 19.5. The lowest BCUT2D eigenvalue weighted by Crippen LogP contribution is -2.37. The molecule has 0 aromatic rings. The number of nitrogens with zero attached hydrogens (tertiary/aromatic N) is 1. The molecule has 0 N–H and O–H groups in total. The van der Waals surface area contributed by atoms with E-state index in [9.17, 15) is 4.79 Å². The van der Waals surface area contributed by atoms with Gasteiger partial charge >= 0.3 is 5.97 Å². The number of carbonyl (C=O) groups excluding carboxylic acids is 1. The van der Waals surface area contributed by atoms with Crippen molar-refractivity contribution >= 4 is 5.97 Å². The summed E-state index contributed by atoms with van der Waals surface area (Å²) in [6.07, 6.45) is 25.7. The van der Waals surface area contributed by atoms with E-state index in [2.05, 4.69) is 18.7 Å². The molecule has 3 atom stereocenters. The second-order valence-corrected chi connectivity index (χ2v) is 11.5. The van der Waals surface area contributed by atoms with Gasteiger partial charge in [0.15, 0.2) is 0 Å². The van der Waals surface area contributed by atoms with Crippen molar-refractivity contribution in [2.75, 3.05) is 33.9 Å². The van der Waals surface area contributed by atoms with Gasteiger partial charge in [-0.1, -0.05) is 117 Å². The van der Waals surface area contributed by atoms with Crippen LogP contribution in [0.15, 0.2) is 0 Å². The SMILES string of the molecule is CCCCCCCCC1CC1CCCCCCCCOCC(COOC(=O)CCCCCC)N(C)C. The van der Waals surface area contributed by atoms with Crippen LogP contribution in [0.1, 0.15) is 142 Å². The Morgan fingerprint density at radius 3 is 1.83 bits per heavy atom. The van der Waals surface area contributed by atoms with Crippen molar-refractivity contribution in [3.8, 4) is 0 Å². The Morgan fingerprint density at radius 2 is 1.25 bits per heavy atom. The van der Waals surface area contributed by atoms with Crippen molar-refractivity contribution in [3.63, 3.8) is 0 Å². The maximum atomic E-state index is 11.7. The normalized spacial score (nSPS) is 18.0. The molecule has 0 aromatic heterocycles. The van der Waals surface area contributed by atoms with Crippen molar-refractivity contribution in [2.45, 2.75) is 148 Å². The minimum Gasteiger partial charge on any atom is -0.380 e. The lowest BCUT2D eigenvalue weighted by Gasteiger charge is -2.23. The van der Waals surface area contributed by atoms with Gasteiger partial charge in [-0.15, -0.1) is 0 Å². The predicted octanol–water partition coefficient (Wildman–Crippen LogP) is 8.50. The summed E-state index contributed by atoms with van der Waals surface area (Å²) >= 11 is 0. The molecule has 1 aliphatic carbocycles. The quantitative estimate of drug-likeness (QED) is 0.0628. The average molecular weight is 512 g/mol. The summed E-state index contributed by atoms with van der Waals surface area (Å²) in [6, 6.07) is 0.0881. The zero-order valence-corrected chi connectivity index (χ0v) is 24.6. The van der Waals surface area contributed by atoms with E-state index in [1.54, 1.807) is 0 Å². The van der Waals surface area contributed by atoms with E-state index in [0.29, 0.717) is 19.6 Å². The molecule has 0 spiro atoms. The Balaban J connectivity index is 1.87. The van der Waals surface area contributed by atoms with E-state index in [1.807, 2.05) is 14.1 Å². The number of rotatable bonds is 27. The van der Waals surface area contributed by atoms with E-state index in [4.69, 9.17) is 14.5 Å². The first-order chi connectivity index (χ1) is 17.6. The van der Waals surface area contributed by atoms with Gasteiger partial charge in [-0.25, -0.2) is 4.79 Å². The first kappa shape index (κ1) is 33.4. The molecular formula is C31H61NO4. The molecule has 1 aliphatic rings. The molecule has 0 radical (unpaired) electrons. The van der Waals surface area contributed by atoms with Crippen LogP contribution in [-0.2, 0) is 19.3 Å². The largest absolute Gasteiger partial charge is 0.380 e. The van der Waals surface area contributed by atoms with E-state index >= 15 is 0 Å². The maximum Gasteiger partial charge on any atom is 0.342 e. The summed E-state index contributed by atoms with van der Waals surface area (Å²) in [7, 11) is 4.00. The van der Waals surface area contributed by atoms with Crippen molar-refractivity contribution < 1.29 is 19.3 Å². The molecule has 214 valence electrons. The minimum absolute atomic E-state index is 0.0881. The van der Waals surface area contributed by atoms with Crippen LogP contribution in [0.4, 0.5) is 0 Å². The summed E-state index contributed by atoms with van der Waals surface area (Å²) in [5, 5.41) is 0. The Labute approximate surface area is 224 Å². The molecule has 36 heavy (non-hydrogen) atoms. The number of unbranched alkanes of at least 4 members (excludes halogenated alkanes) is 13. The van der Waals surface area contributed by atoms with E-state index in [-0.39, 0.29) is 12.0 Å². The number of ether oxygens (including phenoxy) is 1. The molecule has 0 bridgehead atoms. The van der Waals surface area contributed by atoms with E-state index < -0.39 is 0 Å². The Morgan fingerprint density at radius 1 is 0.722 bits per heavy atom. The Bertz CT molecular complexity index is 499. The number of carbonyl (C=O) groups is 1. The van der Waals surface area contributed by atoms with Crippen LogP contribution >= 0.6 is 0 Å². The third-order valence-electron chi connectivity index (χ3n) is 7.80. The highest BCUT2D eigenvalue weighted by Crippen LogP contribution is 2.45. The Hall–Kier alpha value is -0.650. The molecule has 1 saturated carbocycles. The van der Waals surface area contributed by atoms with Crippen LogP contribution in [0.3, 0.4) is 0 Å². The number of hydrogen-bond acceptors (Lipinski definition) is 5. The molecule has 3 unspecified atom stereocenters. The predicted molar refractivity (Wildman–Crippen MR) is 151 cm³/mol. The first-order valence-corrected chi connectivity index (χ1v) is 15.6. The smallest absolute Gasteiger partial charge is 0.342 e. The van der Waals surface area contributed by atoms with Crippen molar-refractivity contribution in [2.24, 2.45) is 11.8 Å². The molecule has 0 aromatic carbocycles. The summed E-state index contributed by atoms with van der Waals surface area (Å²) in [5.74, 6) is 1.87. The molecule has 0 aliphatic heterocycles. The van der Waals surface area contributed by atoms with Crippen LogP contribution < -0.4 is 0 Å². The van der Waals surface area contributed by atoms with Gasteiger partial charge in [-0.05, 0) is 45.2 Å². The topological polar surface area (TPSA) is 48.0 Å². The van der Waals surface area contributed by atoms with Gasteiger partial charge in [-0.2, -0.15) is 4.89 Å². The first-order valence-electron chi connectivity index (χ1n) is 15.6. The molecular weight excluding hydrogens is 450 g/mol. The molecule has 0 saturated heterocycles. The molecule has 0 amide bonds. The minimum atomic E-state index is -0.269. The lowest BCUT2D eigenvalue weighted by molar-refractivity contribution is -0.279. The second kappa shape index (κ2) is 23.5. The maximum absolute atomic E-state index is 11.7. The monoisotopic (exact) mass is 511 g/mol. The van der Waals surface area contributed by atoms with Gasteiger partial charge < -0.3 is 9.64 Å². The van der Waals surface area contributed by atoms with Crippen LogP contribution in [0.2, 0.25) is 0 Å². The molecule has 0 heterocycles. The van der Waals surface area contributed by atoms with Gasteiger partial charge in [0.1, 0.15) is 6.61 Å². The molecule has 5 nitrogen and oxygen atoms in total. The van der Waals surface area contributed by atoms with Gasteiger partial charge in [0.2, 0.25) is 0 Å². The summed E-state index contributed by atoms with van der Waals surface area (Å²) < 4.78 is 5.88. The average Bonchev–Trinajstić information content (AvgIpc) is 3.61. The summed E-state index contributed by atoms with van der Waals surface area (Å²) in [4.78, 5) is 23.9. The standard InChI is InChI=1S/C31H61NO4/c1-5-7-9-11-14-17-21-28-25-29(28)22-18-15-12-13-16-20-24-34-26-30(32(3)4)27-35-36-31(33)23-19-10-8-6-2/h28-30H,5-27H2,1-4H3. The van der Waals surface area contributed by atoms with Gasteiger partial charge in [0.25, 0.3) is 0 Å². The van der Waals surface area contributed by atoms with Crippen molar-refractivity contribution in [3.05, 3.63) is 0 Å².